The summed E-state index contributed by atoms with van der Waals surface area (Å²) in [5, 5.41) is 0. The number of alkyl halides is 3. The lowest BCUT2D eigenvalue weighted by molar-refractivity contribution is -0.137. The first-order chi connectivity index (χ1) is 10.4. The van der Waals surface area contributed by atoms with Crippen LogP contribution in [0, 0.1) is 0 Å². The highest BCUT2D eigenvalue weighted by atomic mass is 31.2. The zero-order valence-corrected chi connectivity index (χ0v) is 14.9. The van der Waals surface area contributed by atoms with Crippen molar-refractivity contribution in [1.29, 1.82) is 0 Å². The highest BCUT2D eigenvalue weighted by molar-refractivity contribution is 7.53. The number of benzene rings is 1. The molecule has 0 radical (unpaired) electrons. The Morgan fingerprint density at radius 2 is 1.39 bits per heavy atom. The molecule has 0 heterocycles. The summed E-state index contributed by atoms with van der Waals surface area (Å²) in [5.41, 5.74) is -0.0357. The molecule has 7 heteroatoms. The van der Waals surface area contributed by atoms with E-state index in [1.165, 1.54) is 12.1 Å². The minimum absolute atomic E-state index is 0.120. The van der Waals surface area contributed by atoms with Crippen molar-refractivity contribution in [3.63, 3.8) is 0 Å². The molecule has 0 N–H and O–H groups in total. The van der Waals surface area contributed by atoms with Crippen LogP contribution in [0.25, 0.3) is 0 Å². The van der Waals surface area contributed by atoms with Crippen molar-refractivity contribution >= 4 is 7.60 Å². The van der Waals surface area contributed by atoms with Gasteiger partial charge in [-0.05, 0) is 51.3 Å². The normalized spacial score (nSPS) is 14.5. The van der Waals surface area contributed by atoms with Crippen molar-refractivity contribution in [2.75, 3.05) is 6.16 Å². The average molecular weight is 352 g/mol. The fourth-order valence-corrected chi connectivity index (χ4v) is 4.58. The predicted octanol–water partition coefficient (Wildman–Crippen LogP) is 5.85. The van der Waals surface area contributed by atoms with Crippen LogP contribution in [0.5, 0.6) is 0 Å². The van der Waals surface area contributed by atoms with Crippen LogP contribution < -0.4 is 0 Å². The van der Waals surface area contributed by atoms with Crippen LogP contribution in [0.3, 0.4) is 0 Å². The molecule has 0 saturated heterocycles. The SMILES string of the molecule is CC(C)OP(=O)(C[C@@H](C)c1ccc(C(F)(F)F)cc1)OC(C)C. The van der Waals surface area contributed by atoms with Crippen LogP contribution in [0.2, 0.25) is 0 Å². The molecule has 3 nitrogen and oxygen atoms in total. The Kier molecular flexibility index (Phi) is 6.87. The second-order valence-electron chi connectivity index (χ2n) is 6.12. The summed E-state index contributed by atoms with van der Waals surface area (Å²) in [7, 11) is -3.32. The van der Waals surface area contributed by atoms with E-state index in [0.717, 1.165) is 12.1 Å². The summed E-state index contributed by atoms with van der Waals surface area (Å²) >= 11 is 0. The maximum Gasteiger partial charge on any atom is 0.416 e. The van der Waals surface area contributed by atoms with Gasteiger partial charge in [0.05, 0.1) is 23.9 Å². The highest BCUT2D eigenvalue weighted by Gasteiger charge is 2.32. The Balaban J connectivity index is 2.90. The van der Waals surface area contributed by atoms with Crippen molar-refractivity contribution in [2.24, 2.45) is 0 Å². The second kappa shape index (κ2) is 7.82. The lowest BCUT2D eigenvalue weighted by atomic mass is 10.0. The number of halogens is 3. The third-order valence-corrected chi connectivity index (χ3v) is 5.53. The molecule has 0 spiro atoms. The van der Waals surface area contributed by atoms with E-state index in [2.05, 4.69) is 0 Å². The quantitative estimate of drug-likeness (QED) is 0.577. The number of hydrogen-bond acceptors (Lipinski definition) is 3. The molecule has 0 saturated carbocycles. The van der Waals surface area contributed by atoms with Gasteiger partial charge in [-0.15, -0.1) is 0 Å². The topological polar surface area (TPSA) is 35.5 Å². The lowest BCUT2D eigenvalue weighted by Gasteiger charge is -2.25. The molecule has 0 unspecified atom stereocenters. The zero-order valence-electron chi connectivity index (χ0n) is 14.1. The summed E-state index contributed by atoms with van der Waals surface area (Å²) < 4.78 is 61.5. The third-order valence-electron chi connectivity index (χ3n) is 3.05. The lowest BCUT2D eigenvalue weighted by Crippen LogP contribution is -2.13. The third kappa shape index (κ3) is 6.66. The van der Waals surface area contributed by atoms with E-state index in [9.17, 15) is 17.7 Å². The molecular weight excluding hydrogens is 328 g/mol. The molecule has 0 bridgehead atoms. The number of hydrogen-bond donors (Lipinski definition) is 0. The van der Waals surface area contributed by atoms with Gasteiger partial charge in [0, 0.05) is 0 Å². The molecule has 0 fully saturated rings. The molecule has 1 atom stereocenters. The number of rotatable bonds is 7. The highest BCUT2D eigenvalue weighted by Crippen LogP contribution is 2.53. The smallest absolute Gasteiger partial charge is 0.306 e. The van der Waals surface area contributed by atoms with Crippen molar-refractivity contribution < 1.29 is 26.8 Å². The van der Waals surface area contributed by atoms with Gasteiger partial charge in [-0.3, -0.25) is 4.57 Å². The van der Waals surface area contributed by atoms with Gasteiger partial charge in [0.15, 0.2) is 0 Å². The zero-order chi connectivity index (χ0) is 17.8. The van der Waals surface area contributed by atoms with Gasteiger partial charge in [0.25, 0.3) is 0 Å². The Bertz CT molecular complexity index is 524. The molecule has 0 aromatic heterocycles. The monoisotopic (exact) mass is 352 g/mol. The van der Waals surface area contributed by atoms with Crippen molar-refractivity contribution in [2.45, 2.75) is 58.9 Å². The molecule has 0 aliphatic rings. The van der Waals surface area contributed by atoms with E-state index in [0.29, 0.717) is 5.56 Å². The maximum atomic E-state index is 12.8. The average Bonchev–Trinajstić information content (AvgIpc) is 2.35. The van der Waals surface area contributed by atoms with Crippen molar-refractivity contribution in [3.05, 3.63) is 35.4 Å². The van der Waals surface area contributed by atoms with Gasteiger partial charge in [-0.25, -0.2) is 0 Å². The van der Waals surface area contributed by atoms with Gasteiger partial charge in [-0.2, -0.15) is 13.2 Å². The molecular formula is C16H24F3O3P. The first-order valence-electron chi connectivity index (χ1n) is 7.56. The van der Waals surface area contributed by atoms with Gasteiger partial charge in [0.1, 0.15) is 0 Å². The maximum absolute atomic E-state index is 12.8. The van der Waals surface area contributed by atoms with E-state index < -0.39 is 19.3 Å². The van der Waals surface area contributed by atoms with Crippen LogP contribution in [0.4, 0.5) is 13.2 Å². The molecule has 1 rings (SSSR count). The summed E-state index contributed by atoms with van der Waals surface area (Å²) in [6.07, 6.45) is -4.77. The Morgan fingerprint density at radius 3 is 1.74 bits per heavy atom. The van der Waals surface area contributed by atoms with Crippen molar-refractivity contribution in [3.8, 4) is 0 Å². The molecule has 132 valence electrons. The first kappa shape index (κ1) is 20.2. The predicted molar refractivity (Wildman–Crippen MR) is 84.8 cm³/mol. The molecule has 0 aliphatic heterocycles. The van der Waals surface area contributed by atoms with Gasteiger partial charge >= 0.3 is 13.8 Å². The molecule has 0 aliphatic carbocycles. The fraction of sp³-hybridized carbons (Fsp3) is 0.625. The molecule has 1 aromatic rings. The van der Waals surface area contributed by atoms with E-state index in [4.69, 9.17) is 9.05 Å². The van der Waals surface area contributed by atoms with Crippen molar-refractivity contribution in [1.82, 2.24) is 0 Å². The summed E-state index contributed by atoms with van der Waals surface area (Å²) in [6.45, 7) is 8.85. The molecule has 23 heavy (non-hydrogen) atoms. The van der Waals surface area contributed by atoms with Crippen LogP contribution in [-0.2, 0) is 19.8 Å². The van der Waals surface area contributed by atoms with E-state index in [1.807, 2.05) is 0 Å². The second-order valence-corrected chi connectivity index (χ2v) is 8.13. The summed E-state index contributed by atoms with van der Waals surface area (Å²) in [6, 6.07) is 4.87. The minimum Gasteiger partial charge on any atom is -0.306 e. The molecule has 1 aromatic carbocycles. The van der Waals surface area contributed by atoms with Crippen LogP contribution >= 0.6 is 7.60 Å². The Morgan fingerprint density at radius 1 is 0.957 bits per heavy atom. The van der Waals surface area contributed by atoms with Gasteiger partial charge in [0.2, 0.25) is 0 Å². The summed E-state index contributed by atoms with van der Waals surface area (Å²) in [4.78, 5) is 0. The minimum atomic E-state index is -4.36. The van der Waals surface area contributed by atoms with Crippen LogP contribution in [0.15, 0.2) is 24.3 Å². The largest absolute Gasteiger partial charge is 0.416 e. The van der Waals surface area contributed by atoms with Crippen LogP contribution in [0.1, 0.15) is 51.7 Å². The van der Waals surface area contributed by atoms with Gasteiger partial charge < -0.3 is 9.05 Å². The standard InChI is InChI=1S/C16H24F3O3P/c1-11(2)21-23(20,22-12(3)4)10-13(5)14-6-8-15(9-7-14)16(17,18)19/h6-9,11-13H,10H2,1-5H3/t13-/m1/s1. The Labute approximate surface area is 135 Å². The van der Waals surface area contributed by atoms with E-state index in [-0.39, 0.29) is 24.3 Å². The Hall–Kier alpha value is -0.840. The summed E-state index contributed by atoms with van der Waals surface area (Å²) in [5.74, 6) is -0.249. The van der Waals surface area contributed by atoms with Gasteiger partial charge in [-0.1, -0.05) is 19.1 Å². The molecule has 0 amide bonds. The van der Waals surface area contributed by atoms with E-state index >= 15 is 0 Å². The first-order valence-corrected chi connectivity index (χ1v) is 9.29. The fourth-order valence-electron chi connectivity index (χ4n) is 2.19. The van der Waals surface area contributed by atoms with E-state index in [1.54, 1.807) is 34.6 Å². The van der Waals surface area contributed by atoms with Crippen LogP contribution in [-0.4, -0.2) is 18.4 Å².